The van der Waals surface area contributed by atoms with Gasteiger partial charge in [-0.1, -0.05) is 17.8 Å². The fraction of sp³-hybridized carbons (Fsp3) is 0.278. The molecule has 1 fully saturated rings. The van der Waals surface area contributed by atoms with Gasteiger partial charge in [-0.2, -0.15) is 0 Å². The average molecular weight is 403 g/mol. The number of thioether (sulfide) groups is 1. The minimum Gasteiger partial charge on any atom is -0.346 e. The van der Waals surface area contributed by atoms with E-state index in [0.717, 1.165) is 16.5 Å². The molecule has 9 heteroatoms. The summed E-state index contributed by atoms with van der Waals surface area (Å²) in [6.45, 7) is 0.374. The molecule has 2 N–H and O–H groups in total. The molecule has 2 aliphatic rings. The van der Waals surface area contributed by atoms with Gasteiger partial charge in [-0.05, 0) is 36.4 Å². The average Bonchev–Trinajstić information content (AvgIpc) is 3.13. The molecular formula is C18H18N4O3S2. The van der Waals surface area contributed by atoms with Crippen LogP contribution < -0.4 is 10.6 Å². The van der Waals surface area contributed by atoms with Crippen molar-refractivity contribution in [2.45, 2.75) is 17.8 Å². The fourth-order valence-corrected chi connectivity index (χ4v) is 6.70. The van der Waals surface area contributed by atoms with Gasteiger partial charge in [0.25, 0.3) is 5.91 Å². The lowest BCUT2D eigenvalue weighted by Crippen LogP contribution is -2.23. The molecule has 0 aliphatic carbocycles. The molecule has 4 rings (SSSR count). The number of hydrogen-bond acceptors (Lipinski definition) is 7. The number of anilines is 1. The maximum atomic E-state index is 12.2. The van der Waals surface area contributed by atoms with Crippen molar-refractivity contribution in [2.24, 2.45) is 4.99 Å². The minimum absolute atomic E-state index is 0.00847. The van der Waals surface area contributed by atoms with Gasteiger partial charge in [-0.3, -0.25) is 14.8 Å². The second-order valence-corrected chi connectivity index (χ2v) is 9.82. The van der Waals surface area contributed by atoms with E-state index in [4.69, 9.17) is 0 Å². The molecule has 0 radical (unpaired) electrons. The number of pyridine rings is 1. The number of rotatable bonds is 4. The third-order valence-electron chi connectivity index (χ3n) is 4.37. The Kier molecular flexibility index (Phi) is 4.88. The lowest BCUT2D eigenvalue weighted by atomic mass is 10.2. The van der Waals surface area contributed by atoms with Crippen molar-refractivity contribution >= 4 is 38.4 Å². The second-order valence-electron chi connectivity index (χ2n) is 6.44. The Hall–Kier alpha value is -2.39. The molecule has 0 spiro atoms. The predicted molar refractivity (Wildman–Crippen MR) is 107 cm³/mol. The molecule has 3 heterocycles. The quantitative estimate of drug-likeness (QED) is 0.807. The lowest BCUT2D eigenvalue weighted by molar-refractivity contribution is 0.0950. The fourth-order valence-electron chi connectivity index (χ4n) is 3.02. The van der Waals surface area contributed by atoms with Crippen LogP contribution in [0.4, 0.5) is 5.69 Å². The highest BCUT2D eigenvalue weighted by Crippen LogP contribution is 2.34. The van der Waals surface area contributed by atoms with E-state index in [9.17, 15) is 13.2 Å². The van der Waals surface area contributed by atoms with Crippen molar-refractivity contribution in [3.63, 3.8) is 0 Å². The molecule has 27 heavy (non-hydrogen) atoms. The van der Waals surface area contributed by atoms with Crippen molar-refractivity contribution in [3.8, 4) is 0 Å². The summed E-state index contributed by atoms with van der Waals surface area (Å²) >= 11 is 1.47. The van der Waals surface area contributed by atoms with Crippen LogP contribution in [0.1, 0.15) is 16.1 Å². The lowest BCUT2D eigenvalue weighted by Gasteiger charge is -2.08. The number of hydrogen-bond donors (Lipinski definition) is 2. The molecule has 1 aromatic heterocycles. The van der Waals surface area contributed by atoms with Crippen LogP contribution in [0.15, 0.2) is 53.7 Å². The van der Waals surface area contributed by atoms with Crippen LogP contribution in [0.25, 0.3) is 0 Å². The highest BCUT2D eigenvalue weighted by molar-refractivity contribution is 8.15. The van der Waals surface area contributed by atoms with E-state index in [1.807, 2.05) is 30.3 Å². The number of aliphatic imine (C=N–C) groups is 1. The number of aromatic nitrogens is 1. The largest absolute Gasteiger partial charge is 0.346 e. The standard InChI is InChI=1S/C18H18N4O3S2/c23-17(20-9-14-3-1-2-8-19-14)12-4-6-13(7-5-12)21-18-22-15-10-27(24,25)11-16(15)26-18/h1-8,15-16H,9-11H2,(H,20,23)(H,21,22)/t15-,16-/m0/s1. The molecular weight excluding hydrogens is 384 g/mol. The Morgan fingerprint density at radius 2 is 1.96 bits per heavy atom. The number of nitrogens with zero attached hydrogens (tertiary/aromatic N) is 2. The molecule has 2 aliphatic heterocycles. The maximum absolute atomic E-state index is 12.2. The van der Waals surface area contributed by atoms with Gasteiger partial charge in [-0.15, -0.1) is 0 Å². The van der Waals surface area contributed by atoms with Crippen molar-refractivity contribution < 1.29 is 13.2 Å². The summed E-state index contributed by atoms with van der Waals surface area (Å²) in [5.74, 6) is 0.150. The zero-order valence-electron chi connectivity index (χ0n) is 14.3. The molecule has 2 aromatic rings. The summed E-state index contributed by atoms with van der Waals surface area (Å²) in [5.41, 5.74) is 2.17. The number of carbonyl (C=O) groups excluding carboxylic acids is 1. The van der Waals surface area contributed by atoms with E-state index < -0.39 is 9.84 Å². The maximum Gasteiger partial charge on any atom is 0.251 e. The van der Waals surface area contributed by atoms with Gasteiger partial charge in [0.1, 0.15) is 0 Å². The first-order valence-corrected chi connectivity index (χ1v) is 11.2. The number of carbonyl (C=O) groups is 1. The summed E-state index contributed by atoms with van der Waals surface area (Å²) in [5, 5.41) is 6.77. The van der Waals surface area contributed by atoms with E-state index >= 15 is 0 Å². The number of sulfone groups is 1. The number of amidine groups is 1. The Labute approximate surface area is 161 Å². The topological polar surface area (TPSA) is 101 Å². The van der Waals surface area contributed by atoms with Gasteiger partial charge in [0.15, 0.2) is 15.0 Å². The van der Waals surface area contributed by atoms with Crippen molar-refractivity contribution in [1.82, 2.24) is 10.3 Å². The Balaban J connectivity index is 1.33. The van der Waals surface area contributed by atoms with Gasteiger partial charge in [-0.25, -0.2) is 8.42 Å². The summed E-state index contributed by atoms with van der Waals surface area (Å²) in [4.78, 5) is 20.9. The Morgan fingerprint density at radius 1 is 1.15 bits per heavy atom. The molecule has 7 nitrogen and oxygen atoms in total. The van der Waals surface area contributed by atoms with Gasteiger partial charge in [0.05, 0.1) is 29.8 Å². The van der Waals surface area contributed by atoms with E-state index in [2.05, 4.69) is 20.6 Å². The number of fused-ring (bicyclic) bond motifs is 1. The van der Waals surface area contributed by atoms with Crippen LogP contribution in [0.3, 0.4) is 0 Å². The third kappa shape index (κ3) is 4.30. The zero-order chi connectivity index (χ0) is 18.9. The molecule has 1 aromatic carbocycles. The van der Waals surface area contributed by atoms with E-state index in [-0.39, 0.29) is 28.7 Å². The molecule has 0 unspecified atom stereocenters. The van der Waals surface area contributed by atoms with Gasteiger partial charge >= 0.3 is 0 Å². The minimum atomic E-state index is -2.95. The molecule has 140 valence electrons. The first-order chi connectivity index (χ1) is 13.0. The summed E-state index contributed by atoms with van der Waals surface area (Å²) in [6, 6.07) is 12.5. The molecule has 1 amide bonds. The normalized spacial score (nSPS) is 22.7. The first-order valence-electron chi connectivity index (χ1n) is 8.49. The summed E-state index contributed by atoms with van der Waals surface area (Å²) < 4.78 is 23.2. The molecule has 0 bridgehead atoms. The van der Waals surface area contributed by atoms with Crippen LogP contribution in [0.5, 0.6) is 0 Å². The summed E-state index contributed by atoms with van der Waals surface area (Å²) in [7, 11) is -2.95. The van der Waals surface area contributed by atoms with E-state index in [1.165, 1.54) is 11.8 Å². The first kappa shape index (κ1) is 18.0. The monoisotopic (exact) mass is 402 g/mol. The molecule has 1 saturated heterocycles. The number of benzene rings is 1. The smallest absolute Gasteiger partial charge is 0.251 e. The van der Waals surface area contributed by atoms with Crippen LogP contribution in [-0.2, 0) is 16.4 Å². The second kappa shape index (κ2) is 7.32. The van der Waals surface area contributed by atoms with Crippen LogP contribution >= 0.6 is 11.8 Å². The summed E-state index contributed by atoms with van der Waals surface area (Å²) in [6.07, 6.45) is 1.69. The van der Waals surface area contributed by atoms with Gasteiger partial charge in [0, 0.05) is 22.7 Å². The third-order valence-corrected chi connectivity index (χ3v) is 7.51. The highest BCUT2D eigenvalue weighted by Gasteiger charge is 2.42. The van der Waals surface area contributed by atoms with Gasteiger partial charge < -0.3 is 10.6 Å². The zero-order valence-corrected chi connectivity index (χ0v) is 16.0. The number of nitrogens with one attached hydrogen (secondary N) is 2. The van der Waals surface area contributed by atoms with Crippen molar-refractivity contribution in [2.75, 3.05) is 16.8 Å². The van der Waals surface area contributed by atoms with E-state index in [0.29, 0.717) is 12.1 Å². The van der Waals surface area contributed by atoms with E-state index in [1.54, 1.807) is 18.3 Å². The number of amides is 1. The van der Waals surface area contributed by atoms with Gasteiger partial charge in [0.2, 0.25) is 0 Å². The van der Waals surface area contributed by atoms with Crippen molar-refractivity contribution in [3.05, 3.63) is 59.9 Å². The SMILES string of the molecule is O=C(NCc1ccccn1)c1ccc(NC2=N[C@H]3CS(=O)(=O)C[C@@H]3S2)cc1. The molecule has 2 atom stereocenters. The Bertz CT molecular complexity index is 975. The van der Waals surface area contributed by atoms with Crippen molar-refractivity contribution in [1.29, 1.82) is 0 Å². The Morgan fingerprint density at radius 3 is 2.67 bits per heavy atom. The molecule has 0 saturated carbocycles. The van der Waals surface area contributed by atoms with Crippen LogP contribution in [0.2, 0.25) is 0 Å². The van der Waals surface area contributed by atoms with Crippen LogP contribution in [0, 0.1) is 0 Å². The van der Waals surface area contributed by atoms with Crippen LogP contribution in [-0.4, -0.2) is 47.3 Å². The predicted octanol–water partition coefficient (Wildman–Crippen LogP) is 1.69. The highest BCUT2D eigenvalue weighted by atomic mass is 32.2.